The van der Waals surface area contributed by atoms with Gasteiger partial charge in [-0.15, -0.1) is 0 Å². The molecule has 0 radical (unpaired) electrons. The van der Waals surface area contributed by atoms with Gasteiger partial charge in [-0.2, -0.15) is 0 Å². The number of carbonyl (C=O) groups excluding carboxylic acids is 1. The first-order valence-electron chi connectivity index (χ1n) is 7.53. The number of amides is 1. The summed E-state index contributed by atoms with van der Waals surface area (Å²) in [7, 11) is 0. The van der Waals surface area contributed by atoms with E-state index in [1.54, 1.807) is 12.1 Å². The molecular formula is C17H20N2O2. The maximum atomic E-state index is 12.2. The topological polar surface area (TPSA) is 45.5 Å². The second-order valence-corrected chi connectivity index (χ2v) is 5.35. The number of anilines is 2. The number of nitrogens with zero attached hydrogens (tertiary/aromatic N) is 1. The summed E-state index contributed by atoms with van der Waals surface area (Å²) >= 11 is 0. The minimum absolute atomic E-state index is 0.206. The van der Waals surface area contributed by atoms with Gasteiger partial charge in [0, 0.05) is 13.1 Å². The van der Waals surface area contributed by atoms with E-state index in [2.05, 4.69) is 16.3 Å². The zero-order valence-corrected chi connectivity index (χ0v) is 12.0. The summed E-state index contributed by atoms with van der Waals surface area (Å²) in [5.74, 6) is 0.128. The lowest BCUT2D eigenvalue weighted by Crippen LogP contribution is -2.25. The Morgan fingerprint density at radius 3 is 2.48 bits per heavy atom. The van der Waals surface area contributed by atoms with E-state index in [4.69, 9.17) is 4.42 Å². The third-order valence-corrected chi connectivity index (χ3v) is 3.84. The molecule has 1 saturated heterocycles. The van der Waals surface area contributed by atoms with Crippen molar-refractivity contribution in [3.8, 4) is 0 Å². The SMILES string of the molecule is O=C(Nc1ccccc1N1CCCCCC1)c1ccco1. The lowest BCUT2D eigenvalue weighted by atomic mass is 10.2. The first-order chi connectivity index (χ1) is 10.3. The first kappa shape index (κ1) is 13.7. The zero-order valence-electron chi connectivity index (χ0n) is 12.0. The Kier molecular flexibility index (Phi) is 4.24. The van der Waals surface area contributed by atoms with Gasteiger partial charge in [-0.25, -0.2) is 0 Å². The molecule has 0 bridgehead atoms. The van der Waals surface area contributed by atoms with Crippen LogP contribution in [-0.2, 0) is 0 Å². The van der Waals surface area contributed by atoms with Crippen molar-refractivity contribution in [1.29, 1.82) is 0 Å². The molecule has 21 heavy (non-hydrogen) atoms. The van der Waals surface area contributed by atoms with Crippen molar-refractivity contribution < 1.29 is 9.21 Å². The Morgan fingerprint density at radius 2 is 1.76 bits per heavy atom. The predicted molar refractivity (Wildman–Crippen MR) is 83.8 cm³/mol. The van der Waals surface area contributed by atoms with Crippen LogP contribution < -0.4 is 10.2 Å². The van der Waals surface area contributed by atoms with Crippen LogP contribution in [0.1, 0.15) is 36.2 Å². The molecule has 1 amide bonds. The molecule has 0 aliphatic carbocycles. The molecule has 4 heteroatoms. The number of hydrogen-bond donors (Lipinski definition) is 1. The highest BCUT2D eigenvalue weighted by Gasteiger charge is 2.16. The van der Waals surface area contributed by atoms with Gasteiger partial charge < -0.3 is 14.6 Å². The van der Waals surface area contributed by atoms with Crippen LogP contribution in [0.3, 0.4) is 0 Å². The predicted octanol–water partition coefficient (Wildman–Crippen LogP) is 3.91. The number of hydrogen-bond acceptors (Lipinski definition) is 3. The van der Waals surface area contributed by atoms with Gasteiger partial charge >= 0.3 is 0 Å². The standard InChI is InChI=1S/C17H20N2O2/c20-17(16-10-7-13-21-16)18-14-8-3-4-9-15(14)19-11-5-1-2-6-12-19/h3-4,7-10,13H,1-2,5-6,11-12H2,(H,18,20). The monoisotopic (exact) mass is 284 g/mol. The lowest BCUT2D eigenvalue weighted by molar-refractivity contribution is 0.0996. The van der Waals surface area contributed by atoms with Gasteiger partial charge in [0.15, 0.2) is 5.76 Å². The van der Waals surface area contributed by atoms with E-state index in [9.17, 15) is 4.79 Å². The maximum Gasteiger partial charge on any atom is 0.291 e. The summed E-state index contributed by atoms with van der Waals surface area (Å²) in [5.41, 5.74) is 1.94. The molecule has 0 atom stereocenters. The summed E-state index contributed by atoms with van der Waals surface area (Å²) < 4.78 is 5.15. The van der Waals surface area contributed by atoms with Crippen LogP contribution >= 0.6 is 0 Å². The van der Waals surface area contributed by atoms with E-state index in [0.717, 1.165) is 24.5 Å². The van der Waals surface area contributed by atoms with Gasteiger partial charge in [-0.3, -0.25) is 4.79 Å². The normalized spacial score (nSPS) is 15.5. The lowest BCUT2D eigenvalue weighted by Gasteiger charge is -2.25. The highest BCUT2D eigenvalue weighted by atomic mass is 16.3. The second kappa shape index (κ2) is 6.48. The molecule has 1 N–H and O–H groups in total. The summed E-state index contributed by atoms with van der Waals surface area (Å²) in [4.78, 5) is 14.5. The minimum Gasteiger partial charge on any atom is -0.459 e. The quantitative estimate of drug-likeness (QED) is 0.929. The van der Waals surface area contributed by atoms with E-state index in [-0.39, 0.29) is 5.91 Å². The van der Waals surface area contributed by atoms with Crippen molar-refractivity contribution in [3.05, 3.63) is 48.4 Å². The second-order valence-electron chi connectivity index (χ2n) is 5.35. The highest BCUT2D eigenvalue weighted by Crippen LogP contribution is 2.28. The summed E-state index contributed by atoms with van der Waals surface area (Å²) in [6.07, 6.45) is 6.51. The molecule has 2 heterocycles. The molecule has 0 saturated carbocycles. The molecule has 1 fully saturated rings. The van der Waals surface area contributed by atoms with Crippen LogP contribution in [-0.4, -0.2) is 19.0 Å². The van der Waals surface area contributed by atoms with Gasteiger partial charge in [-0.05, 0) is 37.1 Å². The molecule has 0 spiro atoms. The van der Waals surface area contributed by atoms with Crippen molar-refractivity contribution in [1.82, 2.24) is 0 Å². The summed E-state index contributed by atoms with van der Waals surface area (Å²) in [6.45, 7) is 2.10. The number of rotatable bonds is 3. The van der Waals surface area contributed by atoms with Crippen molar-refractivity contribution in [3.63, 3.8) is 0 Å². The van der Waals surface area contributed by atoms with Gasteiger partial charge in [0.25, 0.3) is 5.91 Å². The molecule has 4 nitrogen and oxygen atoms in total. The molecule has 1 aliphatic heterocycles. The molecule has 1 aromatic heterocycles. The Hall–Kier alpha value is -2.23. The maximum absolute atomic E-state index is 12.2. The molecule has 1 aliphatic rings. The molecular weight excluding hydrogens is 264 g/mol. The molecule has 2 aromatic rings. The number of nitrogens with one attached hydrogen (secondary N) is 1. The Bertz CT molecular complexity index is 585. The molecule has 0 unspecified atom stereocenters. The van der Waals surface area contributed by atoms with Gasteiger partial charge in [0.2, 0.25) is 0 Å². The summed E-state index contributed by atoms with van der Waals surface area (Å²) in [5, 5.41) is 2.96. The average Bonchev–Trinajstić information content (AvgIpc) is 2.91. The van der Waals surface area contributed by atoms with Crippen molar-refractivity contribution in [2.75, 3.05) is 23.3 Å². The number of benzene rings is 1. The number of para-hydroxylation sites is 2. The molecule has 1 aromatic carbocycles. The fraction of sp³-hybridized carbons (Fsp3) is 0.353. The Morgan fingerprint density at radius 1 is 1.00 bits per heavy atom. The average molecular weight is 284 g/mol. The van der Waals surface area contributed by atoms with Crippen LogP contribution in [0.15, 0.2) is 47.1 Å². The summed E-state index contributed by atoms with van der Waals surface area (Å²) in [6, 6.07) is 11.4. The first-order valence-corrected chi connectivity index (χ1v) is 7.53. The van der Waals surface area contributed by atoms with E-state index in [1.807, 2.05) is 18.2 Å². The largest absolute Gasteiger partial charge is 0.459 e. The van der Waals surface area contributed by atoms with E-state index in [1.165, 1.54) is 31.9 Å². The third kappa shape index (κ3) is 3.27. The van der Waals surface area contributed by atoms with Gasteiger partial charge in [-0.1, -0.05) is 25.0 Å². The van der Waals surface area contributed by atoms with Gasteiger partial charge in [0.05, 0.1) is 17.6 Å². The zero-order chi connectivity index (χ0) is 14.5. The van der Waals surface area contributed by atoms with Crippen molar-refractivity contribution >= 4 is 17.3 Å². The fourth-order valence-corrected chi connectivity index (χ4v) is 2.76. The molecule has 110 valence electrons. The van der Waals surface area contributed by atoms with E-state index >= 15 is 0 Å². The fourth-order valence-electron chi connectivity index (χ4n) is 2.76. The smallest absolute Gasteiger partial charge is 0.291 e. The number of furan rings is 1. The van der Waals surface area contributed by atoms with Crippen molar-refractivity contribution in [2.24, 2.45) is 0 Å². The highest BCUT2D eigenvalue weighted by molar-refractivity contribution is 6.04. The van der Waals surface area contributed by atoms with Crippen LogP contribution in [0.5, 0.6) is 0 Å². The van der Waals surface area contributed by atoms with Gasteiger partial charge in [0.1, 0.15) is 0 Å². The van der Waals surface area contributed by atoms with Crippen LogP contribution in [0.25, 0.3) is 0 Å². The van der Waals surface area contributed by atoms with Crippen LogP contribution in [0, 0.1) is 0 Å². The van der Waals surface area contributed by atoms with Crippen molar-refractivity contribution in [2.45, 2.75) is 25.7 Å². The van der Waals surface area contributed by atoms with Crippen LogP contribution in [0.4, 0.5) is 11.4 Å². The van der Waals surface area contributed by atoms with E-state index in [0.29, 0.717) is 5.76 Å². The Labute approximate surface area is 124 Å². The Balaban J connectivity index is 1.80. The van der Waals surface area contributed by atoms with Crippen LogP contribution in [0.2, 0.25) is 0 Å². The minimum atomic E-state index is -0.206. The molecule has 3 rings (SSSR count). The van der Waals surface area contributed by atoms with E-state index < -0.39 is 0 Å². The third-order valence-electron chi connectivity index (χ3n) is 3.84. The number of carbonyl (C=O) groups is 1.